The van der Waals surface area contributed by atoms with E-state index in [2.05, 4.69) is 12.1 Å². The van der Waals surface area contributed by atoms with E-state index < -0.39 is 0 Å². The highest BCUT2D eigenvalue weighted by Crippen LogP contribution is 2.17. The first-order valence-electron chi connectivity index (χ1n) is 7.02. The molecule has 0 aliphatic rings. The van der Waals surface area contributed by atoms with Gasteiger partial charge in [0.1, 0.15) is 0 Å². The first-order valence-corrected chi connectivity index (χ1v) is 7.02. The van der Waals surface area contributed by atoms with E-state index in [9.17, 15) is 9.59 Å². The van der Waals surface area contributed by atoms with Crippen LogP contribution in [0.3, 0.4) is 0 Å². The van der Waals surface area contributed by atoms with Crippen molar-refractivity contribution in [2.24, 2.45) is 0 Å². The van der Waals surface area contributed by atoms with Gasteiger partial charge < -0.3 is 0 Å². The minimum atomic E-state index is -0.264. The van der Waals surface area contributed by atoms with Crippen LogP contribution in [0.2, 0.25) is 0 Å². The molecule has 0 saturated heterocycles. The molecule has 0 saturated carbocycles. The van der Waals surface area contributed by atoms with Crippen LogP contribution in [0.25, 0.3) is 0 Å². The van der Waals surface area contributed by atoms with Gasteiger partial charge in [-0.15, -0.1) is 0 Å². The summed E-state index contributed by atoms with van der Waals surface area (Å²) in [6.07, 6.45) is 1.91. The van der Waals surface area contributed by atoms with Crippen molar-refractivity contribution < 1.29 is 9.59 Å². The Morgan fingerprint density at radius 1 is 0.762 bits per heavy atom. The Labute approximate surface area is 125 Å². The quantitative estimate of drug-likeness (QED) is 0.861. The highest BCUT2D eigenvalue weighted by Gasteiger charge is 2.15. The second kappa shape index (κ2) is 6.84. The molecule has 108 valence electrons. The lowest BCUT2D eigenvalue weighted by Crippen LogP contribution is -2.32. The summed E-state index contributed by atoms with van der Waals surface area (Å²) in [7, 11) is 0. The van der Waals surface area contributed by atoms with Gasteiger partial charge in [-0.1, -0.05) is 42.5 Å². The fraction of sp³-hybridized carbons (Fsp3) is 0.222. The number of carbonyl (C=O) groups excluding carboxylic acids is 2. The van der Waals surface area contributed by atoms with Crippen LogP contribution in [0.4, 0.5) is 5.69 Å². The zero-order valence-corrected chi connectivity index (χ0v) is 12.4. The second-order valence-electron chi connectivity index (χ2n) is 5.03. The summed E-state index contributed by atoms with van der Waals surface area (Å²) in [5.74, 6) is -0.529. The van der Waals surface area contributed by atoms with E-state index in [1.54, 1.807) is 0 Å². The van der Waals surface area contributed by atoms with Gasteiger partial charge in [-0.3, -0.25) is 14.5 Å². The van der Waals surface area contributed by atoms with E-state index in [-0.39, 0.29) is 11.8 Å². The largest absolute Gasteiger partial charge is 0.274 e. The number of rotatable bonds is 4. The molecule has 0 aliphatic heterocycles. The lowest BCUT2D eigenvalue weighted by molar-refractivity contribution is -0.124. The highest BCUT2D eigenvalue weighted by atomic mass is 16.2. The Hall–Kier alpha value is -2.42. The van der Waals surface area contributed by atoms with Gasteiger partial charge in [0.05, 0.1) is 5.69 Å². The summed E-state index contributed by atoms with van der Waals surface area (Å²) in [6.45, 7) is 2.79. The molecule has 0 aliphatic carbocycles. The van der Waals surface area contributed by atoms with Crippen molar-refractivity contribution in [1.29, 1.82) is 0 Å². The van der Waals surface area contributed by atoms with Crippen molar-refractivity contribution in [3.63, 3.8) is 0 Å². The molecule has 2 aromatic carbocycles. The van der Waals surface area contributed by atoms with E-state index in [0.29, 0.717) is 5.69 Å². The predicted octanol–water partition coefficient (Wildman–Crippen LogP) is 3.37. The number of amides is 2. The Morgan fingerprint density at radius 3 is 1.71 bits per heavy atom. The molecule has 2 amide bonds. The van der Waals surface area contributed by atoms with Gasteiger partial charge in [0.25, 0.3) is 0 Å². The van der Waals surface area contributed by atoms with Gasteiger partial charge in [-0.2, -0.15) is 0 Å². The van der Waals surface area contributed by atoms with E-state index in [1.165, 1.54) is 29.9 Å². The maximum atomic E-state index is 11.5. The molecule has 0 N–H and O–H groups in total. The Morgan fingerprint density at radius 2 is 1.24 bits per heavy atom. The number of nitrogens with zero attached hydrogens (tertiary/aromatic N) is 1. The summed E-state index contributed by atoms with van der Waals surface area (Å²) in [5.41, 5.74) is 3.11. The third kappa shape index (κ3) is 4.02. The average molecular weight is 281 g/mol. The number of benzene rings is 2. The van der Waals surface area contributed by atoms with Crippen molar-refractivity contribution in [1.82, 2.24) is 0 Å². The normalized spacial score (nSPS) is 10.2. The number of imide groups is 1. The number of carbonyl (C=O) groups is 2. The van der Waals surface area contributed by atoms with Crippen LogP contribution < -0.4 is 4.90 Å². The van der Waals surface area contributed by atoms with Gasteiger partial charge in [0.2, 0.25) is 11.8 Å². The smallest absolute Gasteiger partial charge is 0.230 e. The van der Waals surface area contributed by atoms with Gasteiger partial charge >= 0.3 is 0 Å². The maximum absolute atomic E-state index is 11.5. The number of aryl methyl sites for hydroxylation is 2. The number of hydrogen-bond donors (Lipinski definition) is 0. The minimum Gasteiger partial charge on any atom is -0.274 e. The van der Waals surface area contributed by atoms with Crippen LogP contribution in [0.15, 0.2) is 54.6 Å². The minimum absolute atomic E-state index is 0.264. The lowest BCUT2D eigenvalue weighted by Gasteiger charge is -2.17. The molecule has 0 fully saturated rings. The van der Waals surface area contributed by atoms with Crippen molar-refractivity contribution in [2.75, 3.05) is 4.90 Å². The molecule has 0 atom stereocenters. The van der Waals surface area contributed by atoms with Gasteiger partial charge in [0, 0.05) is 13.8 Å². The molecular weight excluding hydrogens is 262 g/mol. The van der Waals surface area contributed by atoms with Gasteiger partial charge in [0.15, 0.2) is 0 Å². The SMILES string of the molecule is CC(=O)N(C(C)=O)c1ccc(CCc2ccccc2)cc1. The molecule has 2 rings (SSSR count). The lowest BCUT2D eigenvalue weighted by atomic mass is 10.0. The Balaban J connectivity index is 2.05. The van der Waals surface area contributed by atoms with Crippen molar-refractivity contribution in [3.8, 4) is 0 Å². The third-order valence-electron chi connectivity index (χ3n) is 3.37. The zero-order chi connectivity index (χ0) is 15.2. The average Bonchev–Trinajstić information content (AvgIpc) is 2.47. The van der Waals surface area contributed by atoms with E-state index >= 15 is 0 Å². The van der Waals surface area contributed by atoms with Crippen LogP contribution >= 0.6 is 0 Å². The fourth-order valence-electron chi connectivity index (χ4n) is 2.33. The fourth-order valence-corrected chi connectivity index (χ4v) is 2.33. The van der Waals surface area contributed by atoms with E-state index in [4.69, 9.17) is 0 Å². The van der Waals surface area contributed by atoms with Crippen molar-refractivity contribution in [2.45, 2.75) is 26.7 Å². The Bertz CT molecular complexity index is 603. The van der Waals surface area contributed by atoms with Crippen LogP contribution in [0.5, 0.6) is 0 Å². The molecule has 21 heavy (non-hydrogen) atoms. The second-order valence-corrected chi connectivity index (χ2v) is 5.03. The first-order chi connectivity index (χ1) is 10.1. The Kier molecular flexibility index (Phi) is 4.88. The van der Waals surface area contributed by atoms with Crippen molar-refractivity contribution >= 4 is 17.5 Å². The van der Waals surface area contributed by atoms with Crippen molar-refractivity contribution in [3.05, 3.63) is 65.7 Å². The molecule has 2 aromatic rings. The summed E-state index contributed by atoms with van der Waals surface area (Å²) in [6, 6.07) is 17.9. The van der Waals surface area contributed by atoms with Crippen LogP contribution in [0, 0.1) is 0 Å². The molecule has 3 heteroatoms. The van der Waals surface area contributed by atoms with Gasteiger partial charge in [-0.05, 0) is 36.1 Å². The molecule has 0 spiro atoms. The molecule has 0 aromatic heterocycles. The summed E-state index contributed by atoms with van der Waals surface area (Å²) in [4.78, 5) is 24.2. The third-order valence-corrected chi connectivity index (χ3v) is 3.37. The van der Waals surface area contributed by atoms with Crippen LogP contribution in [-0.4, -0.2) is 11.8 Å². The number of hydrogen-bond acceptors (Lipinski definition) is 2. The highest BCUT2D eigenvalue weighted by molar-refractivity contribution is 6.13. The van der Waals surface area contributed by atoms with Gasteiger partial charge in [-0.25, -0.2) is 0 Å². The topological polar surface area (TPSA) is 37.4 Å². The number of anilines is 1. The standard InChI is InChI=1S/C18H19NO2/c1-14(20)19(15(2)21)18-12-10-17(11-13-18)9-8-16-6-4-3-5-7-16/h3-7,10-13H,8-9H2,1-2H3. The summed E-state index contributed by atoms with van der Waals surface area (Å²) < 4.78 is 0. The molecule has 0 bridgehead atoms. The van der Waals surface area contributed by atoms with E-state index in [0.717, 1.165) is 12.8 Å². The molecule has 0 heterocycles. The predicted molar refractivity (Wildman–Crippen MR) is 84.1 cm³/mol. The summed E-state index contributed by atoms with van der Waals surface area (Å²) >= 11 is 0. The van der Waals surface area contributed by atoms with E-state index in [1.807, 2.05) is 42.5 Å². The first kappa shape index (κ1) is 15.0. The zero-order valence-electron chi connectivity index (χ0n) is 12.4. The van der Waals surface area contributed by atoms with Crippen LogP contribution in [0.1, 0.15) is 25.0 Å². The van der Waals surface area contributed by atoms with Crippen LogP contribution in [-0.2, 0) is 22.4 Å². The monoisotopic (exact) mass is 281 g/mol. The molecule has 3 nitrogen and oxygen atoms in total. The molecule has 0 radical (unpaired) electrons. The molecular formula is C18H19NO2. The maximum Gasteiger partial charge on any atom is 0.230 e. The molecule has 0 unspecified atom stereocenters. The summed E-state index contributed by atoms with van der Waals surface area (Å²) in [5, 5.41) is 0.